The van der Waals surface area contributed by atoms with Crippen LogP contribution in [0.25, 0.3) is 0 Å². The predicted molar refractivity (Wildman–Crippen MR) is 72.1 cm³/mol. The summed E-state index contributed by atoms with van der Waals surface area (Å²) in [6, 6.07) is 9.34. The largest absolute Gasteiger partial charge is 0.497 e. The molecule has 18 heavy (non-hydrogen) atoms. The van der Waals surface area contributed by atoms with Gasteiger partial charge in [0.25, 0.3) is 0 Å². The second kappa shape index (κ2) is 5.14. The minimum absolute atomic E-state index is 0.289. The van der Waals surface area contributed by atoms with Gasteiger partial charge in [0.1, 0.15) is 11.6 Å². The Morgan fingerprint density at radius 1 is 1.17 bits per heavy atom. The lowest BCUT2D eigenvalue weighted by Crippen LogP contribution is -1.97. The maximum absolute atomic E-state index is 12.9. The number of rotatable bonds is 3. The molecule has 2 aromatic carbocycles. The molecule has 0 aromatic heterocycles. The van der Waals surface area contributed by atoms with Crippen LogP contribution in [0.4, 0.5) is 21.5 Å². The lowest BCUT2D eigenvalue weighted by atomic mass is 10.2. The van der Waals surface area contributed by atoms with E-state index in [-0.39, 0.29) is 10.8 Å². The fourth-order valence-corrected chi connectivity index (χ4v) is 1.72. The summed E-state index contributed by atoms with van der Waals surface area (Å²) in [5, 5.41) is 3.33. The number of ether oxygens (including phenoxy) is 1. The van der Waals surface area contributed by atoms with Gasteiger partial charge >= 0.3 is 0 Å². The molecule has 0 atom stereocenters. The second-order valence-electron chi connectivity index (χ2n) is 3.70. The molecular formula is C13H12ClFN2O. The van der Waals surface area contributed by atoms with Gasteiger partial charge in [0.05, 0.1) is 29.2 Å². The van der Waals surface area contributed by atoms with Crippen molar-refractivity contribution in [3.63, 3.8) is 0 Å². The van der Waals surface area contributed by atoms with Crippen molar-refractivity contribution in [3.05, 3.63) is 47.2 Å². The smallest absolute Gasteiger partial charge is 0.124 e. The van der Waals surface area contributed by atoms with Gasteiger partial charge in [-0.3, -0.25) is 0 Å². The van der Waals surface area contributed by atoms with Gasteiger partial charge in [-0.15, -0.1) is 0 Å². The van der Waals surface area contributed by atoms with Gasteiger partial charge in [-0.25, -0.2) is 4.39 Å². The molecule has 3 N–H and O–H groups in total. The van der Waals surface area contributed by atoms with Crippen LogP contribution in [0.2, 0.25) is 5.02 Å². The third-order valence-electron chi connectivity index (χ3n) is 2.46. The number of hydrogen-bond donors (Lipinski definition) is 2. The lowest BCUT2D eigenvalue weighted by molar-refractivity contribution is 0.415. The Bertz CT molecular complexity index is 575. The highest BCUT2D eigenvalue weighted by molar-refractivity contribution is 6.33. The molecule has 2 aromatic rings. The summed E-state index contributed by atoms with van der Waals surface area (Å²) in [6.45, 7) is 0. The topological polar surface area (TPSA) is 47.3 Å². The van der Waals surface area contributed by atoms with Crippen molar-refractivity contribution in [1.82, 2.24) is 0 Å². The van der Waals surface area contributed by atoms with E-state index in [1.54, 1.807) is 31.4 Å². The first-order chi connectivity index (χ1) is 8.60. The average Bonchev–Trinajstić information content (AvgIpc) is 2.35. The van der Waals surface area contributed by atoms with E-state index in [1.807, 2.05) is 0 Å². The minimum Gasteiger partial charge on any atom is -0.497 e. The molecule has 3 nitrogen and oxygen atoms in total. The minimum atomic E-state index is -0.385. The number of halogens is 2. The molecule has 0 spiro atoms. The van der Waals surface area contributed by atoms with Crippen LogP contribution in [-0.4, -0.2) is 7.11 Å². The summed E-state index contributed by atoms with van der Waals surface area (Å²) < 4.78 is 18.0. The van der Waals surface area contributed by atoms with E-state index in [9.17, 15) is 4.39 Å². The van der Waals surface area contributed by atoms with E-state index >= 15 is 0 Å². The molecule has 5 heteroatoms. The van der Waals surface area contributed by atoms with Crippen molar-refractivity contribution in [2.45, 2.75) is 0 Å². The normalized spacial score (nSPS) is 10.2. The zero-order chi connectivity index (χ0) is 13.1. The van der Waals surface area contributed by atoms with Crippen LogP contribution in [-0.2, 0) is 0 Å². The maximum atomic E-state index is 12.9. The second-order valence-corrected chi connectivity index (χ2v) is 4.11. The van der Waals surface area contributed by atoms with E-state index in [4.69, 9.17) is 22.1 Å². The van der Waals surface area contributed by atoms with E-state index in [2.05, 4.69) is 5.32 Å². The first kappa shape index (κ1) is 12.5. The van der Waals surface area contributed by atoms with Gasteiger partial charge in [-0.1, -0.05) is 11.6 Å². The fourth-order valence-electron chi connectivity index (χ4n) is 1.51. The Morgan fingerprint density at radius 3 is 2.61 bits per heavy atom. The molecule has 0 aliphatic heterocycles. The molecule has 0 saturated carbocycles. The molecule has 0 aliphatic rings. The number of nitrogens with two attached hydrogens (primary N) is 1. The van der Waals surface area contributed by atoms with Crippen molar-refractivity contribution >= 4 is 28.7 Å². The summed E-state index contributed by atoms with van der Waals surface area (Å²) in [7, 11) is 1.57. The molecule has 2 rings (SSSR count). The Labute approximate surface area is 109 Å². The molecule has 0 unspecified atom stereocenters. The van der Waals surface area contributed by atoms with E-state index in [0.29, 0.717) is 22.8 Å². The number of nitrogens with one attached hydrogen (secondary N) is 1. The van der Waals surface area contributed by atoms with Crippen molar-refractivity contribution in [2.75, 3.05) is 18.2 Å². The zero-order valence-electron chi connectivity index (χ0n) is 9.71. The Balaban J connectivity index is 2.33. The number of nitrogen functional groups attached to an aromatic ring is 1. The first-order valence-corrected chi connectivity index (χ1v) is 5.63. The van der Waals surface area contributed by atoms with Crippen LogP contribution >= 0.6 is 11.6 Å². The summed E-state index contributed by atoms with van der Waals surface area (Å²) in [5.41, 5.74) is 7.63. The van der Waals surface area contributed by atoms with Gasteiger partial charge in [0.2, 0.25) is 0 Å². The van der Waals surface area contributed by atoms with Gasteiger partial charge in [-0.2, -0.15) is 0 Å². The monoisotopic (exact) mass is 266 g/mol. The summed E-state index contributed by atoms with van der Waals surface area (Å²) in [5.74, 6) is 0.286. The van der Waals surface area contributed by atoms with E-state index < -0.39 is 0 Å². The van der Waals surface area contributed by atoms with Crippen LogP contribution in [0, 0.1) is 5.82 Å². The molecule has 0 fully saturated rings. The van der Waals surface area contributed by atoms with Crippen LogP contribution in [0.3, 0.4) is 0 Å². The maximum Gasteiger partial charge on any atom is 0.124 e. The van der Waals surface area contributed by atoms with Crippen LogP contribution in [0.15, 0.2) is 36.4 Å². The van der Waals surface area contributed by atoms with Gasteiger partial charge in [0, 0.05) is 6.07 Å². The molecule has 0 saturated heterocycles. The number of benzene rings is 2. The van der Waals surface area contributed by atoms with Crippen LogP contribution in [0.5, 0.6) is 5.75 Å². The first-order valence-electron chi connectivity index (χ1n) is 5.26. The van der Waals surface area contributed by atoms with E-state index in [1.165, 1.54) is 12.1 Å². The fraction of sp³-hybridized carbons (Fsp3) is 0.0769. The van der Waals surface area contributed by atoms with Gasteiger partial charge in [0.15, 0.2) is 0 Å². The molecule has 94 valence electrons. The Kier molecular flexibility index (Phi) is 3.58. The standard InChI is InChI=1S/C13H12ClFN2O/c1-18-9-3-4-11(16)13(7-9)17-12-5-2-8(15)6-10(12)14/h2-7,17H,16H2,1H3. The summed E-state index contributed by atoms with van der Waals surface area (Å²) in [4.78, 5) is 0. The summed E-state index contributed by atoms with van der Waals surface area (Å²) in [6.07, 6.45) is 0. The van der Waals surface area contributed by atoms with Crippen LogP contribution < -0.4 is 15.8 Å². The van der Waals surface area contributed by atoms with Gasteiger partial charge in [-0.05, 0) is 30.3 Å². The highest BCUT2D eigenvalue weighted by atomic mass is 35.5. The van der Waals surface area contributed by atoms with Gasteiger partial charge < -0.3 is 15.8 Å². The van der Waals surface area contributed by atoms with Crippen molar-refractivity contribution in [3.8, 4) is 5.75 Å². The molecular weight excluding hydrogens is 255 g/mol. The van der Waals surface area contributed by atoms with Crippen molar-refractivity contribution in [1.29, 1.82) is 0 Å². The highest BCUT2D eigenvalue weighted by Gasteiger charge is 2.06. The molecule has 0 radical (unpaired) electrons. The third-order valence-corrected chi connectivity index (χ3v) is 2.77. The van der Waals surface area contributed by atoms with Crippen molar-refractivity contribution < 1.29 is 9.13 Å². The SMILES string of the molecule is COc1ccc(N)c(Nc2ccc(F)cc2Cl)c1. The number of anilines is 3. The molecule has 0 heterocycles. The Hall–Kier alpha value is -1.94. The highest BCUT2D eigenvalue weighted by Crippen LogP contribution is 2.31. The molecule has 0 amide bonds. The predicted octanol–water partition coefficient (Wildman–Crippen LogP) is 3.81. The lowest BCUT2D eigenvalue weighted by Gasteiger charge is -2.12. The quantitative estimate of drug-likeness (QED) is 0.831. The van der Waals surface area contributed by atoms with Crippen LogP contribution in [0.1, 0.15) is 0 Å². The van der Waals surface area contributed by atoms with E-state index in [0.717, 1.165) is 0 Å². The van der Waals surface area contributed by atoms with Crippen molar-refractivity contribution in [2.24, 2.45) is 0 Å². The summed E-state index contributed by atoms with van der Waals surface area (Å²) >= 11 is 5.93. The zero-order valence-corrected chi connectivity index (χ0v) is 10.5. The number of methoxy groups -OCH3 is 1. The molecule has 0 aliphatic carbocycles. The Morgan fingerprint density at radius 2 is 1.94 bits per heavy atom. The number of hydrogen-bond acceptors (Lipinski definition) is 3. The molecule has 0 bridgehead atoms. The average molecular weight is 267 g/mol. The third kappa shape index (κ3) is 2.65.